The molecule has 5 nitrogen and oxygen atoms in total. The highest BCUT2D eigenvalue weighted by Crippen LogP contribution is 2.15. The van der Waals surface area contributed by atoms with E-state index in [2.05, 4.69) is 4.98 Å². The number of rotatable bonds is 2. The van der Waals surface area contributed by atoms with E-state index in [0.717, 1.165) is 6.42 Å². The second-order valence-corrected chi connectivity index (χ2v) is 3.87. The molecule has 1 aliphatic heterocycles. The molecule has 0 radical (unpaired) electrons. The third-order valence-corrected chi connectivity index (χ3v) is 2.77. The first-order valence-electron chi connectivity index (χ1n) is 5.24. The van der Waals surface area contributed by atoms with E-state index < -0.39 is 0 Å². The molecular formula is C11H15N3O2. The van der Waals surface area contributed by atoms with Gasteiger partial charge >= 0.3 is 0 Å². The molecule has 1 fully saturated rings. The lowest BCUT2D eigenvalue weighted by molar-refractivity contribution is 0.0719. The summed E-state index contributed by atoms with van der Waals surface area (Å²) in [5, 5.41) is 0. The third-order valence-electron chi connectivity index (χ3n) is 2.77. The molecule has 0 aromatic carbocycles. The van der Waals surface area contributed by atoms with Crippen molar-refractivity contribution in [3.8, 4) is 0 Å². The number of nitrogen functional groups attached to an aromatic ring is 1. The summed E-state index contributed by atoms with van der Waals surface area (Å²) >= 11 is 0. The predicted molar refractivity (Wildman–Crippen MR) is 60.0 cm³/mol. The fraction of sp³-hybridized carbons (Fsp3) is 0.455. The molecule has 0 saturated carbocycles. The van der Waals surface area contributed by atoms with Crippen molar-refractivity contribution in [1.29, 1.82) is 0 Å². The van der Waals surface area contributed by atoms with Gasteiger partial charge in [-0.3, -0.25) is 9.78 Å². The van der Waals surface area contributed by atoms with Crippen LogP contribution in [0, 0.1) is 0 Å². The fourth-order valence-corrected chi connectivity index (χ4v) is 1.83. The smallest absolute Gasteiger partial charge is 0.272 e. The molecule has 1 amide bonds. The van der Waals surface area contributed by atoms with E-state index in [1.54, 1.807) is 30.3 Å². The molecule has 5 heteroatoms. The molecule has 1 aliphatic rings. The Bertz CT molecular complexity index is 395. The molecule has 1 atom stereocenters. The second kappa shape index (κ2) is 4.49. The van der Waals surface area contributed by atoms with Gasteiger partial charge in [-0.15, -0.1) is 0 Å². The zero-order valence-electron chi connectivity index (χ0n) is 9.22. The highest BCUT2D eigenvalue weighted by Gasteiger charge is 2.27. The molecule has 2 N–H and O–H groups in total. The van der Waals surface area contributed by atoms with Crippen LogP contribution < -0.4 is 5.73 Å². The summed E-state index contributed by atoms with van der Waals surface area (Å²) in [5.74, 6) is -0.0770. The van der Waals surface area contributed by atoms with Gasteiger partial charge in [0.25, 0.3) is 5.91 Å². The van der Waals surface area contributed by atoms with E-state index in [0.29, 0.717) is 24.5 Å². The Labute approximate surface area is 94.2 Å². The summed E-state index contributed by atoms with van der Waals surface area (Å²) in [5.41, 5.74) is 6.57. The number of nitrogens with two attached hydrogens (primary N) is 1. The van der Waals surface area contributed by atoms with Crippen LogP contribution in [0.4, 0.5) is 5.69 Å². The molecule has 86 valence electrons. The van der Waals surface area contributed by atoms with E-state index in [1.807, 2.05) is 0 Å². The predicted octanol–water partition coefficient (Wildman–Crippen LogP) is 0.525. The van der Waals surface area contributed by atoms with Gasteiger partial charge in [0.05, 0.1) is 6.10 Å². The molecule has 1 unspecified atom stereocenters. The molecular weight excluding hydrogens is 206 g/mol. The van der Waals surface area contributed by atoms with Crippen LogP contribution in [0.1, 0.15) is 16.9 Å². The zero-order chi connectivity index (χ0) is 11.5. The Morgan fingerprint density at radius 2 is 2.50 bits per heavy atom. The normalized spacial score (nSPS) is 20.1. The molecule has 0 aliphatic carbocycles. The highest BCUT2D eigenvalue weighted by molar-refractivity contribution is 5.93. The van der Waals surface area contributed by atoms with Gasteiger partial charge in [-0.05, 0) is 18.6 Å². The van der Waals surface area contributed by atoms with Crippen molar-refractivity contribution in [3.05, 3.63) is 24.0 Å². The van der Waals surface area contributed by atoms with Crippen molar-refractivity contribution < 1.29 is 9.53 Å². The van der Waals surface area contributed by atoms with E-state index >= 15 is 0 Å². The van der Waals surface area contributed by atoms with Crippen LogP contribution in [0.2, 0.25) is 0 Å². The number of likely N-dealkylation sites (tertiary alicyclic amines) is 1. The van der Waals surface area contributed by atoms with Gasteiger partial charge in [-0.25, -0.2) is 0 Å². The van der Waals surface area contributed by atoms with Gasteiger partial charge in [-0.1, -0.05) is 0 Å². The van der Waals surface area contributed by atoms with Crippen molar-refractivity contribution in [2.45, 2.75) is 12.5 Å². The molecule has 1 aromatic heterocycles. The summed E-state index contributed by atoms with van der Waals surface area (Å²) in [6.07, 6.45) is 2.57. The van der Waals surface area contributed by atoms with Crippen LogP contribution >= 0.6 is 0 Å². The van der Waals surface area contributed by atoms with Crippen LogP contribution in [0.3, 0.4) is 0 Å². The van der Waals surface area contributed by atoms with Gasteiger partial charge in [0.1, 0.15) is 5.69 Å². The van der Waals surface area contributed by atoms with Crippen LogP contribution in [0.5, 0.6) is 0 Å². The molecule has 1 saturated heterocycles. The van der Waals surface area contributed by atoms with Crippen LogP contribution in [-0.2, 0) is 4.74 Å². The Morgan fingerprint density at radius 1 is 1.69 bits per heavy atom. The van der Waals surface area contributed by atoms with Crippen molar-refractivity contribution in [2.75, 3.05) is 25.9 Å². The topological polar surface area (TPSA) is 68.5 Å². The lowest BCUT2D eigenvalue weighted by Gasteiger charge is -2.15. The average Bonchev–Trinajstić information content (AvgIpc) is 2.76. The number of carbonyl (C=O) groups is 1. The van der Waals surface area contributed by atoms with Crippen molar-refractivity contribution in [1.82, 2.24) is 9.88 Å². The standard InChI is InChI=1S/C11H15N3O2/c1-16-9-3-5-14(7-9)11(15)10-6-8(12)2-4-13-10/h2,4,6,9H,3,5,7H2,1H3,(H2,12,13). The molecule has 0 spiro atoms. The summed E-state index contributed by atoms with van der Waals surface area (Å²) in [6.45, 7) is 1.35. The number of hydrogen-bond acceptors (Lipinski definition) is 4. The average molecular weight is 221 g/mol. The number of pyridine rings is 1. The highest BCUT2D eigenvalue weighted by atomic mass is 16.5. The Balaban J connectivity index is 2.08. The molecule has 0 bridgehead atoms. The minimum Gasteiger partial charge on any atom is -0.399 e. The van der Waals surface area contributed by atoms with Crippen molar-refractivity contribution >= 4 is 11.6 Å². The quantitative estimate of drug-likeness (QED) is 0.790. The van der Waals surface area contributed by atoms with Gasteiger partial charge in [-0.2, -0.15) is 0 Å². The first kappa shape index (κ1) is 10.9. The van der Waals surface area contributed by atoms with Gasteiger partial charge in [0.15, 0.2) is 0 Å². The van der Waals surface area contributed by atoms with E-state index in [1.165, 1.54) is 0 Å². The minimum absolute atomic E-state index is 0.0770. The van der Waals surface area contributed by atoms with Crippen LogP contribution in [-0.4, -0.2) is 42.1 Å². The van der Waals surface area contributed by atoms with E-state index in [4.69, 9.17) is 10.5 Å². The number of ether oxygens (including phenoxy) is 1. The monoisotopic (exact) mass is 221 g/mol. The number of hydrogen-bond donors (Lipinski definition) is 1. The number of carbonyl (C=O) groups excluding carboxylic acids is 1. The van der Waals surface area contributed by atoms with E-state index in [9.17, 15) is 4.79 Å². The van der Waals surface area contributed by atoms with E-state index in [-0.39, 0.29) is 12.0 Å². The SMILES string of the molecule is COC1CCN(C(=O)c2cc(N)ccn2)C1. The number of aromatic nitrogens is 1. The van der Waals surface area contributed by atoms with Crippen LogP contribution in [0.15, 0.2) is 18.3 Å². The van der Waals surface area contributed by atoms with Gasteiger partial charge < -0.3 is 15.4 Å². The van der Waals surface area contributed by atoms with Crippen molar-refractivity contribution in [3.63, 3.8) is 0 Å². The Kier molecular flexibility index (Phi) is 3.05. The fourth-order valence-electron chi connectivity index (χ4n) is 1.83. The first-order valence-corrected chi connectivity index (χ1v) is 5.24. The largest absolute Gasteiger partial charge is 0.399 e. The van der Waals surface area contributed by atoms with Gasteiger partial charge in [0.2, 0.25) is 0 Å². The Hall–Kier alpha value is -1.62. The number of amides is 1. The number of nitrogens with zero attached hydrogens (tertiary/aromatic N) is 2. The lowest BCUT2D eigenvalue weighted by atomic mass is 10.3. The molecule has 2 rings (SSSR count). The third kappa shape index (κ3) is 2.14. The second-order valence-electron chi connectivity index (χ2n) is 3.87. The maximum absolute atomic E-state index is 12.0. The molecule has 16 heavy (non-hydrogen) atoms. The van der Waals surface area contributed by atoms with Crippen LogP contribution in [0.25, 0.3) is 0 Å². The number of methoxy groups -OCH3 is 1. The Morgan fingerprint density at radius 3 is 3.12 bits per heavy atom. The summed E-state index contributed by atoms with van der Waals surface area (Å²) in [7, 11) is 1.66. The maximum atomic E-state index is 12.0. The zero-order valence-corrected chi connectivity index (χ0v) is 9.22. The van der Waals surface area contributed by atoms with Gasteiger partial charge in [0, 0.05) is 32.1 Å². The summed E-state index contributed by atoms with van der Waals surface area (Å²) in [6, 6.07) is 3.27. The maximum Gasteiger partial charge on any atom is 0.272 e. The molecule has 1 aromatic rings. The number of anilines is 1. The summed E-state index contributed by atoms with van der Waals surface area (Å²) < 4.78 is 5.21. The minimum atomic E-state index is -0.0770. The summed E-state index contributed by atoms with van der Waals surface area (Å²) in [4.78, 5) is 17.8. The molecule has 2 heterocycles. The lowest BCUT2D eigenvalue weighted by Crippen LogP contribution is -2.30. The van der Waals surface area contributed by atoms with Crippen molar-refractivity contribution in [2.24, 2.45) is 0 Å². The first-order chi connectivity index (χ1) is 7.70.